The van der Waals surface area contributed by atoms with Crippen LogP contribution in [0.15, 0.2) is 30.3 Å². The fourth-order valence-corrected chi connectivity index (χ4v) is 3.29. The number of nitrogens with two attached hydrogens (primary N) is 1. The number of aryl methyl sites for hydroxylation is 1. The molecule has 6 heteroatoms. The topological polar surface area (TPSA) is 61.6 Å². The van der Waals surface area contributed by atoms with Gasteiger partial charge < -0.3 is 15.0 Å². The Bertz CT molecular complexity index is 592. The lowest BCUT2D eigenvalue weighted by molar-refractivity contribution is -0.122. The van der Waals surface area contributed by atoms with Crippen LogP contribution in [0.5, 0.6) is 0 Å². The van der Waals surface area contributed by atoms with E-state index < -0.39 is 23.6 Å². The SMILES string of the molecule is CC(C(N)=O)[C@@](C)(CCCc1ccccc1)B1OC(C)(C)C(C)(C)O1.Cl. The van der Waals surface area contributed by atoms with Crippen LogP contribution in [0, 0.1) is 5.92 Å². The van der Waals surface area contributed by atoms with Crippen LogP contribution in [0.3, 0.4) is 0 Å². The Hall–Kier alpha value is -1.04. The Morgan fingerprint density at radius 1 is 1.15 bits per heavy atom. The Labute approximate surface area is 164 Å². The second kappa shape index (κ2) is 8.32. The quantitative estimate of drug-likeness (QED) is 0.712. The fraction of sp³-hybridized carbons (Fsp3) is 0.650. The van der Waals surface area contributed by atoms with Crippen LogP contribution in [-0.4, -0.2) is 24.2 Å². The predicted molar refractivity (Wildman–Crippen MR) is 109 cm³/mol. The number of amides is 1. The number of primary amides is 1. The summed E-state index contributed by atoms with van der Waals surface area (Å²) < 4.78 is 12.5. The van der Waals surface area contributed by atoms with Gasteiger partial charge in [0.15, 0.2) is 0 Å². The zero-order chi connectivity index (χ0) is 18.9. The van der Waals surface area contributed by atoms with Gasteiger partial charge in [-0.2, -0.15) is 0 Å². The largest absolute Gasteiger partial charge is 0.465 e. The molecule has 1 aliphatic heterocycles. The minimum Gasteiger partial charge on any atom is -0.403 e. The van der Waals surface area contributed by atoms with Crippen molar-refractivity contribution in [2.75, 3.05) is 0 Å². The molecule has 4 nitrogen and oxygen atoms in total. The molecule has 2 N–H and O–H groups in total. The number of hydrogen-bond donors (Lipinski definition) is 1. The average molecular weight is 382 g/mol. The summed E-state index contributed by atoms with van der Waals surface area (Å²) in [5.41, 5.74) is 6.11. The molecule has 0 spiro atoms. The van der Waals surface area contributed by atoms with Crippen molar-refractivity contribution in [1.82, 2.24) is 0 Å². The van der Waals surface area contributed by atoms with Crippen LogP contribution in [0.1, 0.15) is 59.9 Å². The van der Waals surface area contributed by atoms with Crippen molar-refractivity contribution in [2.45, 2.75) is 77.3 Å². The van der Waals surface area contributed by atoms with Crippen LogP contribution in [0.25, 0.3) is 0 Å². The molecular formula is C20H33BClNO3. The van der Waals surface area contributed by atoms with E-state index in [1.165, 1.54) is 5.56 Å². The molecule has 1 aromatic carbocycles. The van der Waals surface area contributed by atoms with Crippen LogP contribution in [0.4, 0.5) is 0 Å². The highest BCUT2D eigenvalue weighted by Crippen LogP contribution is 2.51. The molecule has 0 bridgehead atoms. The molecule has 1 fully saturated rings. The van der Waals surface area contributed by atoms with Gasteiger partial charge >= 0.3 is 7.12 Å². The maximum Gasteiger partial charge on any atom is 0.465 e. The van der Waals surface area contributed by atoms with Gasteiger partial charge in [0.25, 0.3) is 0 Å². The van der Waals surface area contributed by atoms with Gasteiger partial charge in [0.1, 0.15) is 0 Å². The highest BCUT2D eigenvalue weighted by molar-refractivity contribution is 6.50. The Morgan fingerprint density at radius 2 is 1.65 bits per heavy atom. The van der Waals surface area contributed by atoms with E-state index in [1.807, 2.05) is 40.7 Å². The first-order valence-corrected chi connectivity index (χ1v) is 9.18. The smallest absolute Gasteiger partial charge is 0.403 e. The first-order valence-electron chi connectivity index (χ1n) is 9.18. The summed E-state index contributed by atoms with van der Waals surface area (Å²) in [5, 5.41) is -0.467. The van der Waals surface area contributed by atoms with E-state index in [-0.39, 0.29) is 24.2 Å². The van der Waals surface area contributed by atoms with Crippen molar-refractivity contribution in [1.29, 1.82) is 0 Å². The van der Waals surface area contributed by atoms with E-state index >= 15 is 0 Å². The number of rotatable bonds is 7. The van der Waals surface area contributed by atoms with Crippen LogP contribution < -0.4 is 5.73 Å². The Balaban J connectivity index is 0.00000338. The highest BCUT2D eigenvalue weighted by atomic mass is 35.5. The molecule has 2 atom stereocenters. The van der Waals surface area contributed by atoms with Crippen molar-refractivity contribution in [3.63, 3.8) is 0 Å². The van der Waals surface area contributed by atoms with Gasteiger partial charge in [0.2, 0.25) is 5.91 Å². The Morgan fingerprint density at radius 3 is 2.12 bits per heavy atom. The second-order valence-corrected chi connectivity index (χ2v) is 8.56. The van der Waals surface area contributed by atoms with Gasteiger partial charge in [-0.25, -0.2) is 0 Å². The van der Waals surface area contributed by atoms with Gasteiger partial charge in [0.05, 0.1) is 11.2 Å². The highest BCUT2D eigenvalue weighted by Gasteiger charge is 2.59. The molecular weight excluding hydrogens is 348 g/mol. The zero-order valence-corrected chi connectivity index (χ0v) is 17.7. The molecule has 1 saturated heterocycles. The standard InChI is InChI=1S/C20H32BNO3.ClH/c1-15(17(22)23)20(6,14-10-13-16-11-8-7-9-12-16)21-24-18(2,3)19(4,5)25-21;/h7-9,11-12,15H,10,13-14H2,1-6H3,(H2,22,23);1H/t15?,20-;/m1./s1. The van der Waals surface area contributed by atoms with Gasteiger partial charge in [-0.05, 0) is 52.5 Å². The third-order valence-corrected chi connectivity index (χ3v) is 6.23. The first-order chi connectivity index (χ1) is 11.5. The maximum absolute atomic E-state index is 12.0. The Kier molecular flexibility index (Phi) is 7.37. The van der Waals surface area contributed by atoms with Gasteiger partial charge in [-0.1, -0.05) is 44.2 Å². The summed E-state index contributed by atoms with van der Waals surface area (Å²) >= 11 is 0. The molecule has 146 valence electrons. The third kappa shape index (κ3) is 4.62. The average Bonchev–Trinajstić information content (AvgIpc) is 2.76. The lowest BCUT2D eigenvalue weighted by atomic mass is 9.50. The summed E-state index contributed by atoms with van der Waals surface area (Å²) in [6.07, 6.45) is 2.71. The molecule has 0 aromatic heterocycles. The van der Waals surface area contributed by atoms with Gasteiger partial charge in [-0.15, -0.1) is 12.4 Å². The summed E-state index contributed by atoms with van der Waals surface area (Å²) in [7, 11) is -0.448. The summed E-state index contributed by atoms with van der Waals surface area (Å²) in [6.45, 7) is 12.1. The summed E-state index contributed by atoms with van der Waals surface area (Å²) in [4.78, 5) is 12.0. The molecule has 26 heavy (non-hydrogen) atoms. The van der Waals surface area contributed by atoms with Gasteiger partial charge in [-0.3, -0.25) is 4.79 Å². The lowest BCUT2D eigenvalue weighted by Crippen LogP contribution is -2.43. The van der Waals surface area contributed by atoms with Gasteiger partial charge in [0, 0.05) is 11.2 Å². The van der Waals surface area contributed by atoms with Crippen LogP contribution >= 0.6 is 12.4 Å². The molecule has 1 aliphatic rings. The monoisotopic (exact) mass is 381 g/mol. The number of benzene rings is 1. The fourth-order valence-electron chi connectivity index (χ4n) is 3.29. The summed E-state index contributed by atoms with van der Waals surface area (Å²) in [5.74, 6) is -0.644. The molecule has 1 heterocycles. The molecule has 0 aliphatic carbocycles. The van der Waals surface area contributed by atoms with Crippen LogP contribution in [-0.2, 0) is 20.5 Å². The second-order valence-electron chi connectivity index (χ2n) is 8.56. The number of hydrogen-bond acceptors (Lipinski definition) is 3. The molecule has 1 amide bonds. The van der Waals surface area contributed by atoms with Crippen molar-refractivity contribution in [2.24, 2.45) is 11.7 Å². The number of carbonyl (C=O) groups is 1. The van der Waals surface area contributed by atoms with E-state index in [0.717, 1.165) is 19.3 Å². The zero-order valence-electron chi connectivity index (χ0n) is 16.9. The third-order valence-electron chi connectivity index (χ3n) is 6.23. The minimum absolute atomic E-state index is 0. The van der Waals surface area contributed by atoms with E-state index in [2.05, 4.69) is 31.2 Å². The van der Waals surface area contributed by atoms with E-state index in [1.54, 1.807) is 0 Å². The van der Waals surface area contributed by atoms with E-state index in [9.17, 15) is 4.79 Å². The number of carbonyl (C=O) groups excluding carboxylic acids is 1. The van der Waals surface area contributed by atoms with Crippen molar-refractivity contribution >= 4 is 25.4 Å². The molecule has 0 radical (unpaired) electrons. The minimum atomic E-state index is -0.467. The molecule has 2 rings (SSSR count). The maximum atomic E-state index is 12.0. The van der Waals surface area contributed by atoms with Crippen LogP contribution in [0.2, 0.25) is 5.31 Å². The molecule has 1 aromatic rings. The van der Waals surface area contributed by atoms with E-state index in [4.69, 9.17) is 15.0 Å². The summed E-state index contributed by atoms with van der Waals surface area (Å²) in [6, 6.07) is 10.4. The predicted octanol–water partition coefficient (Wildman–Crippen LogP) is 4.41. The van der Waals surface area contributed by atoms with Crippen molar-refractivity contribution < 1.29 is 14.1 Å². The van der Waals surface area contributed by atoms with Crippen molar-refractivity contribution in [3.8, 4) is 0 Å². The molecule has 0 saturated carbocycles. The van der Waals surface area contributed by atoms with Crippen molar-refractivity contribution in [3.05, 3.63) is 35.9 Å². The normalized spacial score (nSPS) is 21.5. The number of halogens is 1. The first kappa shape index (κ1) is 23.0. The van der Waals surface area contributed by atoms with E-state index in [0.29, 0.717) is 0 Å². The lowest BCUT2D eigenvalue weighted by Gasteiger charge is -2.35. The molecule has 1 unspecified atom stereocenters.